The summed E-state index contributed by atoms with van der Waals surface area (Å²) in [7, 11) is -3.91. The Morgan fingerprint density at radius 1 is 1.12 bits per heavy atom. The van der Waals surface area contributed by atoms with Crippen molar-refractivity contribution < 1.29 is 31.6 Å². The standard InChI is InChI=1S/C22H28FN3O6S/c1-3-25(15-17-6-5-7-18(23)14-17)20(27)16-24-10-12-26(13-11-24)33(29,30)21-9-8-19(32-21)22(28)31-4-2/h5-9,14H,3-4,10-13,15-16H2,1-2H3. The first kappa shape index (κ1) is 24.9. The Morgan fingerprint density at radius 3 is 2.48 bits per heavy atom. The molecule has 1 aliphatic rings. The molecule has 0 aliphatic carbocycles. The molecule has 1 aromatic carbocycles. The smallest absolute Gasteiger partial charge is 0.374 e. The Hall–Kier alpha value is -2.76. The summed E-state index contributed by atoms with van der Waals surface area (Å²) in [5, 5.41) is -0.317. The van der Waals surface area contributed by atoms with Crippen LogP contribution in [0.15, 0.2) is 45.9 Å². The molecule has 1 aromatic heterocycles. The van der Waals surface area contributed by atoms with Gasteiger partial charge >= 0.3 is 5.97 Å². The van der Waals surface area contributed by atoms with Gasteiger partial charge in [-0.05, 0) is 43.7 Å². The monoisotopic (exact) mass is 481 g/mol. The maximum Gasteiger partial charge on any atom is 0.374 e. The van der Waals surface area contributed by atoms with Crippen LogP contribution in [0.2, 0.25) is 0 Å². The zero-order valence-corrected chi connectivity index (χ0v) is 19.5. The minimum atomic E-state index is -3.91. The van der Waals surface area contributed by atoms with Gasteiger partial charge in [0.05, 0.1) is 13.2 Å². The quantitative estimate of drug-likeness (QED) is 0.505. The Bertz CT molecular complexity index is 1080. The van der Waals surface area contributed by atoms with Crippen molar-refractivity contribution in [1.82, 2.24) is 14.1 Å². The maximum atomic E-state index is 13.4. The summed E-state index contributed by atoms with van der Waals surface area (Å²) >= 11 is 0. The summed E-state index contributed by atoms with van der Waals surface area (Å²) in [6.07, 6.45) is 0. The molecule has 0 bridgehead atoms. The number of carbonyl (C=O) groups is 2. The maximum absolute atomic E-state index is 13.4. The van der Waals surface area contributed by atoms with E-state index in [-0.39, 0.29) is 48.8 Å². The molecule has 3 rings (SSSR count). The molecule has 33 heavy (non-hydrogen) atoms. The van der Waals surface area contributed by atoms with Gasteiger partial charge in [0, 0.05) is 39.3 Å². The third-order valence-electron chi connectivity index (χ3n) is 5.34. The molecule has 0 radical (unpaired) electrons. The summed E-state index contributed by atoms with van der Waals surface area (Å²) in [5.41, 5.74) is 0.710. The van der Waals surface area contributed by atoms with Gasteiger partial charge < -0.3 is 14.1 Å². The molecule has 1 fully saturated rings. The molecule has 0 unspecified atom stereocenters. The average molecular weight is 482 g/mol. The molecule has 9 nitrogen and oxygen atoms in total. The van der Waals surface area contributed by atoms with Crippen molar-refractivity contribution in [2.45, 2.75) is 25.5 Å². The molecule has 180 valence electrons. The van der Waals surface area contributed by atoms with Crippen LogP contribution < -0.4 is 0 Å². The fraction of sp³-hybridized carbons (Fsp3) is 0.455. The number of likely N-dealkylation sites (N-methyl/N-ethyl adjacent to an activating group) is 1. The molecule has 0 N–H and O–H groups in total. The van der Waals surface area contributed by atoms with Crippen molar-refractivity contribution in [1.29, 1.82) is 0 Å². The summed E-state index contributed by atoms with van der Waals surface area (Å²) in [5.74, 6) is -1.35. The zero-order chi connectivity index (χ0) is 24.0. The molecule has 0 spiro atoms. The lowest BCUT2D eigenvalue weighted by Crippen LogP contribution is -2.51. The van der Waals surface area contributed by atoms with Gasteiger partial charge in [0.25, 0.3) is 10.0 Å². The lowest BCUT2D eigenvalue weighted by atomic mass is 10.2. The first-order valence-corrected chi connectivity index (χ1v) is 12.2. The third-order valence-corrected chi connectivity index (χ3v) is 7.11. The molecule has 2 heterocycles. The third kappa shape index (κ3) is 6.18. The van der Waals surface area contributed by atoms with Crippen LogP contribution in [0.1, 0.15) is 30.0 Å². The van der Waals surface area contributed by atoms with Crippen molar-refractivity contribution in [3.8, 4) is 0 Å². The van der Waals surface area contributed by atoms with E-state index in [2.05, 4.69) is 0 Å². The van der Waals surface area contributed by atoms with Gasteiger partial charge in [-0.15, -0.1) is 0 Å². The second-order valence-corrected chi connectivity index (χ2v) is 9.43. The van der Waals surface area contributed by atoms with E-state index >= 15 is 0 Å². The van der Waals surface area contributed by atoms with E-state index in [1.165, 1.54) is 28.6 Å². The van der Waals surface area contributed by atoms with Gasteiger partial charge in [-0.25, -0.2) is 17.6 Å². The van der Waals surface area contributed by atoms with Crippen LogP contribution in [0.3, 0.4) is 0 Å². The fourth-order valence-electron chi connectivity index (χ4n) is 3.55. The number of furan rings is 1. The number of hydrogen-bond donors (Lipinski definition) is 0. The van der Waals surface area contributed by atoms with Crippen LogP contribution >= 0.6 is 0 Å². The first-order chi connectivity index (χ1) is 15.7. The Morgan fingerprint density at radius 2 is 1.85 bits per heavy atom. The molecule has 1 saturated heterocycles. The second-order valence-electron chi connectivity index (χ2n) is 7.56. The summed E-state index contributed by atoms with van der Waals surface area (Å²) in [4.78, 5) is 28.0. The van der Waals surface area contributed by atoms with Crippen molar-refractivity contribution >= 4 is 21.9 Å². The van der Waals surface area contributed by atoms with Gasteiger partial charge in [-0.2, -0.15) is 4.31 Å². The van der Waals surface area contributed by atoms with E-state index in [0.717, 1.165) is 0 Å². The predicted molar refractivity (Wildman–Crippen MR) is 117 cm³/mol. The Kier molecular flexibility index (Phi) is 8.22. The van der Waals surface area contributed by atoms with Crippen molar-refractivity contribution in [2.24, 2.45) is 0 Å². The summed E-state index contributed by atoms with van der Waals surface area (Å²) in [6, 6.07) is 8.65. The van der Waals surface area contributed by atoms with Crippen LogP contribution in [0.5, 0.6) is 0 Å². The molecular weight excluding hydrogens is 453 g/mol. The number of nitrogens with zero attached hydrogens (tertiary/aromatic N) is 3. The average Bonchev–Trinajstić information content (AvgIpc) is 3.29. The van der Waals surface area contributed by atoms with Crippen molar-refractivity contribution in [3.63, 3.8) is 0 Å². The largest absolute Gasteiger partial charge is 0.460 e. The number of amides is 1. The van der Waals surface area contributed by atoms with Crippen molar-refractivity contribution in [3.05, 3.63) is 53.5 Å². The SMILES string of the molecule is CCOC(=O)c1ccc(S(=O)(=O)N2CCN(CC(=O)N(CC)Cc3cccc(F)c3)CC2)o1. The minimum absolute atomic E-state index is 0.108. The van der Waals surface area contributed by atoms with E-state index in [0.29, 0.717) is 31.7 Å². The lowest BCUT2D eigenvalue weighted by Gasteiger charge is -2.34. The fourth-order valence-corrected chi connectivity index (χ4v) is 4.88. The highest BCUT2D eigenvalue weighted by Gasteiger charge is 2.32. The highest BCUT2D eigenvalue weighted by Crippen LogP contribution is 2.21. The van der Waals surface area contributed by atoms with E-state index in [4.69, 9.17) is 9.15 Å². The van der Waals surface area contributed by atoms with E-state index in [1.54, 1.807) is 24.0 Å². The molecule has 0 saturated carbocycles. The molecule has 11 heteroatoms. The van der Waals surface area contributed by atoms with Crippen LogP contribution in [0.25, 0.3) is 0 Å². The lowest BCUT2D eigenvalue weighted by molar-refractivity contribution is -0.133. The summed E-state index contributed by atoms with van der Waals surface area (Å²) < 4.78 is 50.4. The van der Waals surface area contributed by atoms with Gasteiger partial charge in [0.15, 0.2) is 0 Å². The molecule has 0 atom stereocenters. The number of esters is 1. The van der Waals surface area contributed by atoms with Crippen LogP contribution in [0, 0.1) is 5.82 Å². The molecular formula is C22H28FN3O6S. The number of sulfonamides is 1. The molecule has 2 aromatic rings. The zero-order valence-electron chi connectivity index (χ0n) is 18.7. The number of ether oxygens (including phenoxy) is 1. The number of hydrogen-bond acceptors (Lipinski definition) is 7. The molecule has 1 amide bonds. The van der Waals surface area contributed by atoms with E-state index in [9.17, 15) is 22.4 Å². The normalized spacial score (nSPS) is 15.4. The highest BCUT2D eigenvalue weighted by molar-refractivity contribution is 7.89. The van der Waals surface area contributed by atoms with Gasteiger partial charge in [0.2, 0.25) is 16.8 Å². The molecule has 1 aliphatic heterocycles. The van der Waals surface area contributed by atoms with Gasteiger partial charge in [-0.1, -0.05) is 12.1 Å². The number of benzene rings is 1. The van der Waals surface area contributed by atoms with Crippen LogP contribution in [-0.4, -0.2) is 80.3 Å². The van der Waals surface area contributed by atoms with Crippen LogP contribution in [-0.2, 0) is 26.1 Å². The topological polar surface area (TPSA) is 100 Å². The van der Waals surface area contributed by atoms with E-state index in [1.807, 2.05) is 11.8 Å². The Labute approximate surface area is 192 Å². The number of carbonyl (C=O) groups excluding carboxylic acids is 2. The second kappa shape index (κ2) is 10.9. The van der Waals surface area contributed by atoms with E-state index < -0.39 is 16.0 Å². The number of halogens is 1. The predicted octanol–water partition coefficient (Wildman–Crippen LogP) is 1.95. The van der Waals surface area contributed by atoms with Crippen LogP contribution in [0.4, 0.5) is 4.39 Å². The Balaban J connectivity index is 1.55. The van der Waals surface area contributed by atoms with Gasteiger partial charge in [-0.3, -0.25) is 9.69 Å². The number of rotatable bonds is 9. The number of piperazine rings is 1. The first-order valence-electron chi connectivity index (χ1n) is 10.8. The highest BCUT2D eigenvalue weighted by atomic mass is 32.2. The van der Waals surface area contributed by atoms with Crippen molar-refractivity contribution in [2.75, 3.05) is 45.9 Å². The summed E-state index contributed by atoms with van der Waals surface area (Å²) in [6.45, 7) is 5.68. The minimum Gasteiger partial charge on any atom is -0.460 e. The van der Waals surface area contributed by atoms with Gasteiger partial charge in [0.1, 0.15) is 5.82 Å².